The van der Waals surface area contributed by atoms with Crippen molar-refractivity contribution >= 4 is 34.4 Å². The van der Waals surface area contributed by atoms with Gasteiger partial charge in [-0.1, -0.05) is 29.8 Å². The third-order valence-electron chi connectivity index (χ3n) is 2.97. The van der Waals surface area contributed by atoms with Crippen LogP contribution in [-0.4, -0.2) is 12.0 Å². The van der Waals surface area contributed by atoms with Crippen LogP contribution in [0.3, 0.4) is 0 Å². The minimum absolute atomic E-state index is 0.00526. The van der Waals surface area contributed by atoms with Crippen molar-refractivity contribution in [3.05, 3.63) is 57.1 Å². The van der Waals surface area contributed by atoms with Gasteiger partial charge in [0.15, 0.2) is 0 Å². The molecule has 0 aliphatic carbocycles. The molecule has 0 heterocycles. The van der Waals surface area contributed by atoms with E-state index in [0.29, 0.717) is 22.1 Å². The molecule has 2 N–H and O–H groups in total. The summed E-state index contributed by atoms with van der Waals surface area (Å²) in [6.45, 7) is 1.89. The van der Waals surface area contributed by atoms with Crippen LogP contribution < -0.4 is 10.6 Å². The Morgan fingerprint density at radius 1 is 1.15 bits per heavy atom. The van der Waals surface area contributed by atoms with Gasteiger partial charge < -0.3 is 10.6 Å². The van der Waals surface area contributed by atoms with Gasteiger partial charge >= 0.3 is 5.69 Å². The summed E-state index contributed by atoms with van der Waals surface area (Å²) in [4.78, 5) is 10.8. The Morgan fingerprint density at radius 2 is 1.80 bits per heavy atom. The van der Waals surface area contributed by atoms with Crippen LogP contribution in [0.4, 0.5) is 22.7 Å². The van der Waals surface area contributed by atoms with Gasteiger partial charge in [-0.2, -0.15) is 0 Å². The first-order valence-electron chi connectivity index (χ1n) is 6.02. The van der Waals surface area contributed by atoms with Crippen LogP contribution in [0.2, 0.25) is 5.02 Å². The van der Waals surface area contributed by atoms with E-state index >= 15 is 0 Å². The van der Waals surface area contributed by atoms with Crippen molar-refractivity contribution in [2.75, 3.05) is 17.7 Å². The molecule has 104 valence electrons. The lowest BCUT2D eigenvalue weighted by Gasteiger charge is -2.13. The number of nitro benzene ring substituents is 1. The molecule has 0 fully saturated rings. The molecule has 0 saturated carbocycles. The van der Waals surface area contributed by atoms with Crippen LogP contribution in [0.1, 0.15) is 5.56 Å². The lowest BCUT2D eigenvalue weighted by atomic mass is 10.1. The molecule has 0 saturated heterocycles. The van der Waals surface area contributed by atoms with Gasteiger partial charge in [-0.25, -0.2) is 0 Å². The van der Waals surface area contributed by atoms with E-state index in [4.69, 9.17) is 11.6 Å². The highest BCUT2D eigenvalue weighted by molar-refractivity contribution is 6.33. The number of rotatable bonds is 4. The first-order chi connectivity index (χ1) is 9.54. The predicted octanol–water partition coefficient (Wildman–Crippen LogP) is 4.34. The zero-order valence-electron chi connectivity index (χ0n) is 11.1. The quantitative estimate of drug-likeness (QED) is 0.649. The van der Waals surface area contributed by atoms with Gasteiger partial charge in [0.2, 0.25) is 0 Å². The first-order valence-corrected chi connectivity index (χ1v) is 6.39. The van der Waals surface area contributed by atoms with E-state index in [1.54, 1.807) is 31.3 Å². The Bertz CT molecular complexity index is 639. The number of aryl methyl sites for hydroxylation is 1. The average molecular weight is 292 g/mol. The Labute approximate surface area is 121 Å². The number of benzene rings is 2. The van der Waals surface area contributed by atoms with Crippen molar-refractivity contribution in [3.8, 4) is 0 Å². The number of hydrogen-bond donors (Lipinski definition) is 2. The molecule has 0 aromatic heterocycles. The topological polar surface area (TPSA) is 67.2 Å². The maximum Gasteiger partial charge on any atom is 0.315 e. The first kappa shape index (κ1) is 14.1. The maximum absolute atomic E-state index is 11.3. The van der Waals surface area contributed by atoms with Crippen LogP contribution >= 0.6 is 11.6 Å². The van der Waals surface area contributed by atoms with E-state index in [0.717, 1.165) is 5.56 Å². The molecule has 0 aliphatic rings. The number of nitrogens with zero attached hydrogens (tertiary/aromatic N) is 1. The van der Waals surface area contributed by atoms with Crippen LogP contribution in [-0.2, 0) is 0 Å². The van der Waals surface area contributed by atoms with Gasteiger partial charge in [0, 0.05) is 7.05 Å². The molecule has 0 spiro atoms. The fourth-order valence-corrected chi connectivity index (χ4v) is 2.24. The standard InChI is InChI=1S/C14H14ClN3O2/c1-9-5-3-6-10(15)13(9)17-12-8-4-7-11(16-2)14(12)18(19)20/h3-8,16-17H,1-2H3. The summed E-state index contributed by atoms with van der Waals surface area (Å²) in [5.74, 6) is 0. The highest BCUT2D eigenvalue weighted by Gasteiger charge is 2.19. The molecule has 6 heteroatoms. The van der Waals surface area contributed by atoms with E-state index in [-0.39, 0.29) is 5.69 Å². The van der Waals surface area contributed by atoms with Crippen LogP contribution in [0.25, 0.3) is 0 Å². The molecular formula is C14H14ClN3O2. The van der Waals surface area contributed by atoms with Crippen LogP contribution in [0, 0.1) is 17.0 Å². The molecule has 0 unspecified atom stereocenters. The Hall–Kier alpha value is -2.27. The molecule has 2 rings (SSSR count). The normalized spacial score (nSPS) is 10.2. The third-order valence-corrected chi connectivity index (χ3v) is 3.28. The van der Waals surface area contributed by atoms with E-state index < -0.39 is 4.92 Å². The fourth-order valence-electron chi connectivity index (χ4n) is 1.97. The summed E-state index contributed by atoms with van der Waals surface area (Å²) >= 11 is 6.14. The van der Waals surface area contributed by atoms with E-state index in [2.05, 4.69) is 10.6 Å². The lowest BCUT2D eigenvalue weighted by molar-refractivity contribution is -0.383. The Morgan fingerprint density at radius 3 is 2.40 bits per heavy atom. The van der Waals surface area contributed by atoms with Gasteiger partial charge in [-0.15, -0.1) is 0 Å². The summed E-state index contributed by atoms with van der Waals surface area (Å²) in [5, 5.41) is 17.6. The highest BCUT2D eigenvalue weighted by atomic mass is 35.5. The van der Waals surface area contributed by atoms with E-state index in [1.165, 1.54) is 0 Å². The van der Waals surface area contributed by atoms with E-state index in [9.17, 15) is 10.1 Å². The minimum Gasteiger partial charge on any atom is -0.382 e. The average Bonchev–Trinajstić information content (AvgIpc) is 2.42. The summed E-state index contributed by atoms with van der Waals surface area (Å²) in [7, 11) is 1.65. The van der Waals surface area contributed by atoms with Crippen LogP contribution in [0.15, 0.2) is 36.4 Å². The number of nitro groups is 1. The molecule has 0 bridgehead atoms. The summed E-state index contributed by atoms with van der Waals surface area (Å²) in [6.07, 6.45) is 0. The third kappa shape index (κ3) is 2.67. The van der Waals surface area contributed by atoms with Crippen molar-refractivity contribution in [3.63, 3.8) is 0 Å². The van der Waals surface area contributed by atoms with E-state index in [1.807, 2.05) is 19.1 Å². The van der Waals surface area contributed by atoms with Crippen molar-refractivity contribution in [1.82, 2.24) is 0 Å². The molecule has 20 heavy (non-hydrogen) atoms. The van der Waals surface area contributed by atoms with Gasteiger partial charge in [-0.3, -0.25) is 10.1 Å². The smallest absolute Gasteiger partial charge is 0.315 e. The minimum atomic E-state index is -0.416. The van der Waals surface area contributed by atoms with Gasteiger partial charge in [-0.05, 0) is 30.7 Å². The zero-order chi connectivity index (χ0) is 14.7. The van der Waals surface area contributed by atoms with Gasteiger partial charge in [0.25, 0.3) is 0 Å². The Balaban J connectivity index is 2.51. The molecule has 0 aliphatic heterocycles. The molecule has 5 nitrogen and oxygen atoms in total. The molecule has 2 aromatic carbocycles. The maximum atomic E-state index is 11.3. The molecule has 0 amide bonds. The van der Waals surface area contributed by atoms with Crippen molar-refractivity contribution in [2.45, 2.75) is 6.92 Å². The molecule has 0 atom stereocenters. The summed E-state index contributed by atoms with van der Waals surface area (Å²) < 4.78 is 0. The van der Waals surface area contributed by atoms with Crippen molar-refractivity contribution in [1.29, 1.82) is 0 Å². The van der Waals surface area contributed by atoms with Gasteiger partial charge in [0.05, 0.1) is 15.6 Å². The fraction of sp³-hybridized carbons (Fsp3) is 0.143. The van der Waals surface area contributed by atoms with Crippen LogP contribution in [0.5, 0.6) is 0 Å². The van der Waals surface area contributed by atoms with Gasteiger partial charge in [0.1, 0.15) is 11.4 Å². The van der Waals surface area contributed by atoms with Crippen molar-refractivity contribution in [2.24, 2.45) is 0 Å². The molecule has 0 radical (unpaired) electrons. The second-order valence-electron chi connectivity index (χ2n) is 4.27. The number of anilines is 3. The second kappa shape index (κ2) is 5.79. The zero-order valence-corrected chi connectivity index (χ0v) is 11.9. The highest BCUT2D eigenvalue weighted by Crippen LogP contribution is 2.37. The second-order valence-corrected chi connectivity index (χ2v) is 4.67. The Kier molecular flexibility index (Phi) is 4.10. The number of hydrogen-bond acceptors (Lipinski definition) is 4. The van der Waals surface area contributed by atoms with Crippen molar-refractivity contribution < 1.29 is 4.92 Å². The summed E-state index contributed by atoms with van der Waals surface area (Å²) in [5.41, 5.74) is 2.43. The molecular weight excluding hydrogens is 278 g/mol. The number of halogens is 1. The summed E-state index contributed by atoms with van der Waals surface area (Å²) in [6, 6.07) is 10.5. The predicted molar refractivity (Wildman–Crippen MR) is 82.1 cm³/mol. The molecule has 2 aromatic rings. The monoisotopic (exact) mass is 291 g/mol. The lowest BCUT2D eigenvalue weighted by Crippen LogP contribution is -2.02. The number of nitrogens with one attached hydrogen (secondary N) is 2. The SMILES string of the molecule is CNc1cccc(Nc2c(C)cccc2Cl)c1[N+](=O)[O-]. The largest absolute Gasteiger partial charge is 0.382 e. The number of para-hydroxylation sites is 2.